The van der Waals surface area contributed by atoms with Gasteiger partial charge in [-0.15, -0.1) is 0 Å². The van der Waals surface area contributed by atoms with E-state index in [9.17, 15) is 0 Å². The molecule has 1 aliphatic heterocycles. The molecule has 2 rings (SSSR count). The lowest BCUT2D eigenvalue weighted by atomic mass is 10.2. The second kappa shape index (κ2) is 8.51. The van der Waals surface area contributed by atoms with Gasteiger partial charge in [0.25, 0.3) is 0 Å². The fourth-order valence-corrected chi connectivity index (χ4v) is 2.66. The highest BCUT2D eigenvalue weighted by molar-refractivity contribution is 5.78. The van der Waals surface area contributed by atoms with Crippen molar-refractivity contribution in [2.75, 3.05) is 26.8 Å². The summed E-state index contributed by atoms with van der Waals surface area (Å²) in [5.41, 5.74) is 7.21. The number of rotatable bonds is 5. The van der Waals surface area contributed by atoms with E-state index >= 15 is 0 Å². The van der Waals surface area contributed by atoms with Gasteiger partial charge in [0.05, 0.1) is 20.3 Å². The minimum atomic E-state index is 0.562. The van der Waals surface area contributed by atoms with E-state index in [0.717, 1.165) is 30.2 Å². The molecule has 5 heteroatoms. The van der Waals surface area contributed by atoms with E-state index in [1.54, 1.807) is 7.11 Å². The average Bonchev–Trinajstić information content (AvgIpc) is 2.82. The Morgan fingerprint density at radius 2 is 1.91 bits per heavy atom. The lowest BCUT2D eigenvalue weighted by Crippen LogP contribution is -2.38. The number of benzene rings is 1. The van der Waals surface area contributed by atoms with E-state index in [0.29, 0.717) is 19.1 Å². The molecule has 0 aromatic heterocycles. The lowest BCUT2D eigenvalue weighted by Gasteiger charge is -2.21. The molecule has 0 spiro atoms. The molecule has 1 heterocycles. The van der Waals surface area contributed by atoms with Gasteiger partial charge in [-0.2, -0.15) is 0 Å². The summed E-state index contributed by atoms with van der Waals surface area (Å²) in [5, 5.41) is 0. The number of nitrogens with two attached hydrogens (primary N) is 1. The second-order valence-electron chi connectivity index (χ2n) is 5.49. The fourth-order valence-electron chi connectivity index (χ4n) is 2.66. The average molecular weight is 305 g/mol. The molecule has 0 radical (unpaired) electrons. The summed E-state index contributed by atoms with van der Waals surface area (Å²) in [6, 6.07) is 5.89. The molecule has 0 unspecified atom stereocenters. The first-order chi connectivity index (χ1) is 10.7. The first-order valence-corrected chi connectivity index (χ1v) is 8.09. The Kier molecular flexibility index (Phi) is 6.37. The highest BCUT2D eigenvalue weighted by Gasteiger charge is 2.11. The number of methoxy groups -OCH3 is 1. The van der Waals surface area contributed by atoms with Gasteiger partial charge in [-0.3, -0.25) is 0 Å². The van der Waals surface area contributed by atoms with E-state index in [2.05, 4.69) is 9.89 Å². The largest absolute Gasteiger partial charge is 0.493 e. The number of ether oxygens (including phenoxy) is 2. The molecule has 1 aromatic carbocycles. The van der Waals surface area contributed by atoms with Crippen molar-refractivity contribution in [3.63, 3.8) is 0 Å². The second-order valence-corrected chi connectivity index (χ2v) is 5.49. The van der Waals surface area contributed by atoms with Gasteiger partial charge in [-0.1, -0.05) is 18.9 Å². The minimum Gasteiger partial charge on any atom is -0.493 e. The van der Waals surface area contributed by atoms with Gasteiger partial charge in [-0.25, -0.2) is 4.99 Å². The molecule has 2 N–H and O–H groups in total. The number of aliphatic imine (C=N–C) groups is 1. The molecule has 22 heavy (non-hydrogen) atoms. The van der Waals surface area contributed by atoms with E-state index in [1.165, 1.54) is 25.7 Å². The van der Waals surface area contributed by atoms with Crippen LogP contribution in [0.25, 0.3) is 0 Å². The Morgan fingerprint density at radius 3 is 2.55 bits per heavy atom. The fraction of sp³-hybridized carbons (Fsp3) is 0.588. The smallest absolute Gasteiger partial charge is 0.191 e. The zero-order valence-electron chi connectivity index (χ0n) is 13.7. The molecule has 0 bridgehead atoms. The van der Waals surface area contributed by atoms with E-state index in [4.69, 9.17) is 15.2 Å². The molecule has 1 saturated heterocycles. The van der Waals surface area contributed by atoms with Crippen LogP contribution in [0, 0.1) is 0 Å². The van der Waals surface area contributed by atoms with E-state index < -0.39 is 0 Å². The maximum absolute atomic E-state index is 6.14. The van der Waals surface area contributed by atoms with Crippen molar-refractivity contribution < 1.29 is 9.47 Å². The van der Waals surface area contributed by atoms with Crippen LogP contribution in [0.3, 0.4) is 0 Å². The Bertz CT molecular complexity index is 495. The molecular weight excluding hydrogens is 278 g/mol. The monoisotopic (exact) mass is 305 g/mol. The first kappa shape index (κ1) is 16.5. The molecule has 0 amide bonds. The number of hydrogen-bond donors (Lipinski definition) is 1. The summed E-state index contributed by atoms with van der Waals surface area (Å²) in [5.74, 6) is 2.15. The van der Waals surface area contributed by atoms with Gasteiger partial charge >= 0.3 is 0 Å². The number of guanidine groups is 1. The van der Waals surface area contributed by atoms with Crippen molar-refractivity contribution in [3.8, 4) is 11.5 Å². The highest BCUT2D eigenvalue weighted by atomic mass is 16.5. The molecule has 0 aliphatic carbocycles. The van der Waals surface area contributed by atoms with Crippen molar-refractivity contribution in [3.05, 3.63) is 23.8 Å². The van der Waals surface area contributed by atoms with Gasteiger partial charge in [0.1, 0.15) is 0 Å². The third-order valence-electron chi connectivity index (χ3n) is 3.88. The Morgan fingerprint density at radius 1 is 1.18 bits per heavy atom. The van der Waals surface area contributed by atoms with Crippen LogP contribution in [0.1, 0.15) is 38.2 Å². The van der Waals surface area contributed by atoms with Gasteiger partial charge in [0.2, 0.25) is 0 Å². The standard InChI is InChI=1S/C17H27N3O2/c1-3-22-16-12-14(8-9-15(16)21-2)13-19-17(18)20-10-6-4-5-7-11-20/h8-9,12H,3-7,10-11,13H2,1-2H3,(H2,18,19). The third-order valence-corrected chi connectivity index (χ3v) is 3.88. The topological polar surface area (TPSA) is 60.1 Å². The van der Waals surface area contributed by atoms with Gasteiger partial charge < -0.3 is 20.1 Å². The van der Waals surface area contributed by atoms with Gasteiger partial charge in [0.15, 0.2) is 17.5 Å². The minimum absolute atomic E-state index is 0.562. The molecule has 0 atom stereocenters. The van der Waals surface area contributed by atoms with Crippen LogP contribution in [-0.4, -0.2) is 37.7 Å². The van der Waals surface area contributed by atoms with Crippen LogP contribution in [0.2, 0.25) is 0 Å². The van der Waals surface area contributed by atoms with Crippen molar-refractivity contribution >= 4 is 5.96 Å². The van der Waals surface area contributed by atoms with E-state index in [-0.39, 0.29) is 0 Å². The molecular formula is C17H27N3O2. The summed E-state index contributed by atoms with van der Waals surface area (Å²) in [7, 11) is 1.65. The van der Waals surface area contributed by atoms with Crippen LogP contribution in [0.5, 0.6) is 11.5 Å². The van der Waals surface area contributed by atoms with Crippen molar-refractivity contribution in [1.82, 2.24) is 4.90 Å². The zero-order valence-corrected chi connectivity index (χ0v) is 13.7. The summed E-state index contributed by atoms with van der Waals surface area (Å²) in [4.78, 5) is 6.73. The maximum Gasteiger partial charge on any atom is 0.191 e. The summed E-state index contributed by atoms with van der Waals surface area (Å²) in [6.07, 6.45) is 4.99. The Labute approximate surface area is 133 Å². The highest BCUT2D eigenvalue weighted by Crippen LogP contribution is 2.28. The summed E-state index contributed by atoms with van der Waals surface area (Å²) in [6.45, 7) is 5.16. The van der Waals surface area contributed by atoms with Crippen molar-refractivity contribution in [2.24, 2.45) is 10.7 Å². The van der Waals surface area contributed by atoms with Crippen molar-refractivity contribution in [1.29, 1.82) is 0 Å². The zero-order chi connectivity index (χ0) is 15.8. The molecule has 122 valence electrons. The molecule has 1 aliphatic rings. The molecule has 5 nitrogen and oxygen atoms in total. The van der Waals surface area contributed by atoms with Gasteiger partial charge in [0, 0.05) is 13.1 Å². The van der Waals surface area contributed by atoms with Crippen LogP contribution >= 0.6 is 0 Å². The number of nitrogens with zero attached hydrogens (tertiary/aromatic N) is 2. The Hall–Kier alpha value is -1.91. The first-order valence-electron chi connectivity index (χ1n) is 8.09. The molecule has 1 aromatic rings. The third kappa shape index (κ3) is 4.55. The number of likely N-dealkylation sites (tertiary alicyclic amines) is 1. The van der Waals surface area contributed by atoms with Crippen LogP contribution in [0.4, 0.5) is 0 Å². The van der Waals surface area contributed by atoms with Crippen molar-refractivity contribution in [2.45, 2.75) is 39.2 Å². The van der Waals surface area contributed by atoms with Crippen LogP contribution < -0.4 is 15.2 Å². The summed E-state index contributed by atoms with van der Waals surface area (Å²) < 4.78 is 10.9. The predicted molar refractivity (Wildman–Crippen MR) is 89.5 cm³/mol. The molecule has 0 saturated carbocycles. The number of hydrogen-bond acceptors (Lipinski definition) is 3. The quantitative estimate of drug-likeness (QED) is 0.671. The van der Waals surface area contributed by atoms with Crippen LogP contribution in [-0.2, 0) is 6.54 Å². The van der Waals surface area contributed by atoms with E-state index in [1.807, 2.05) is 25.1 Å². The lowest BCUT2D eigenvalue weighted by molar-refractivity contribution is 0.310. The Balaban J connectivity index is 2.02. The normalized spacial score (nSPS) is 16.3. The SMILES string of the molecule is CCOc1cc(CN=C(N)N2CCCCCC2)ccc1OC. The van der Waals surface area contributed by atoms with Crippen LogP contribution in [0.15, 0.2) is 23.2 Å². The predicted octanol–water partition coefficient (Wildman–Crippen LogP) is 2.78. The molecule has 1 fully saturated rings. The van der Waals surface area contributed by atoms with Gasteiger partial charge in [-0.05, 0) is 37.5 Å². The maximum atomic E-state index is 6.14. The summed E-state index contributed by atoms with van der Waals surface area (Å²) >= 11 is 0.